The largest absolute Gasteiger partial charge is 0.351 e. The van der Waals surface area contributed by atoms with Crippen molar-refractivity contribution in [2.75, 3.05) is 18.8 Å². The predicted octanol–water partition coefficient (Wildman–Crippen LogP) is 4.37. The number of sulfonamides is 1. The molecule has 1 aromatic heterocycles. The summed E-state index contributed by atoms with van der Waals surface area (Å²) in [5.41, 5.74) is 2.45. The van der Waals surface area contributed by atoms with Gasteiger partial charge in [0, 0.05) is 30.9 Å². The molecular weight excluding hydrogens is 506 g/mol. The number of rotatable bonds is 11. The van der Waals surface area contributed by atoms with E-state index in [4.69, 9.17) is 0 Å². The number of amides is 1. The molecule has 0 spiro atoms. The molecule has 4 aromatic rings. The Morgan fingerprint density at radius 3 is 2.27 bits per heavy atom. The normalized spacial score (nSPS) is 11.5. The number of thioether (sulfide) groups is 1. The first-order valence-electron chi connectivity index (χ1n) is 12.0. The maximum Gasteiger partial charge on any atom is 0.243 e. The van der Waals surface area contributed by atoms with E-state index in [1.54, 1.807) is 18.2 Å². The molecule has 0 unspecified atom stereocenters. The molecule has 0 aliphatic rings. The molecule has 1 heterocycles. The maximum atomic E-state index is 13.1. The highest BCUT2D eigenvalue weighted by Gasteiger charge is 2.23. The number of para-hydroxylation sites is 1. The highest BCUT2D eigenvalue weighted by Crippen LogP contribution is 2.29. The Labute approximate surface area is 221 Å². The van der Waals surface area contributed by atoms with Gasteiger partial charge in [-0.25, -0.2) is 8.42 Å². The van der Waals surface area contributed by atoms with Crippen molar-refractivity contribution < 1.29 is 13.2 Å². The summed E-state index contributed by atoms with van der Waals surface area (Å²) in [6.07, 6.45) is 0. The fourth-order valence-corrected chi connectivity index (χ4v) is 6.13. The van der Waals surface area contributed by atoms with Gasteiger partial charge in [0.15, 0.2) is 11.0 Å². The van der Waals surface area contributed by atoms with Crippen molar-refractivity contribution in [2.24, 2.45) is 0 Å². The summed E-state index contributed by atoms with van der Waals surface area (Å²) in [5, 5.41) is 12.2. The van der Waals surface area contributed by atoms with Gasteiger partial charge in [0.25, 0.3) is 0 Å². The predicted molar refractivity (Wildman–Crippen MR) is 146 cm³/mol. The number of nitrogens with one attached hydrogen (secondary N) is 1. The lowest BCUT2D eigenvalue weighted by Crippen LogP contribution is -2.30. The van der Waals surface area contributed by atoms with E-state index in [9.17, 15) is 13.2 Å². The molecule has 0 saturated heterocycles. The molecule has 3 aromatic carbocycles. The van der Waals surface area contributed by atoms with Gasteiger partial charge in [-0.3, -0.25) is 9.36 Å². The zero-order valence-electron chi connectivity index (χ0n) is 20.7. The summed E-state index contributed by atoms with van der Waals surface area (Å²) in [6, 6.07) is 26.0. The molecule has 0 radical (unpaired) electrons. The Morgan fingerprint density at radius 2 is 1.59 bits per heavy atom. The Balaban J connectivity index is 1.61. The summed E-state index contributed by atoms with van der Waals surface area (Å²) in [4.78, 5) is 12.7. The van der Waals surface area contributed by atoms with Gasteiger partial charge in [-0.1, -0.05) is 86.3 Å². The third kappa shape index (κ3) is 6.27. The highest BCUT2D eigenvalue weighted by atomic mass is 32.2. The Kier molecular flexibility index (Phi) is 8.75. The van der Waals surface area contributed by atoms with Gasteiger partial charge in [0.05, 0.1) is 10.6 Å². The van der Waals surface area contributed by atoms with E-state index in [1.807, 2.05) is 85.1 Å². The van der Waals surface area contributed by atoms with Crippen molar-refractivity contribution in [3.05, 3.63) is 90.5 Å². The standard InChI is InChI=1S/C27H29N5O3S2/c1-3-31(4-2)37(34,35)24-17-11-14-22(18-24)26-29-30-27(32(26)23-15-9-6-10-16-23)36-20-25(33)28-19-21-12-7-5-8-13-21/h5-18H,3-4,19-20H2,1-2H3,(H,28,33). The van der Waals surface area contributed by atoms with Crippen LogP contribution in [-0.2, 0) is 21.4 Å². The molecule has 0 aliphatic heterocycles. The Morgan fingerprint density at radius 1 is 0.919 bits per heavy atom. The highest BCUT2D eigenvalue weighted by molar-refractivity contribution is 7.99. The molecule has 37 heavy (non-hydrogen) atoms. The third-order valence-corrected chi connectivity index (χ3v) is 8.72. The summed E-state index contributed by atoms with van der Waals surface area (Å²) in [6.45, 7) is 4.85. The third-order valence-electron chi connectivity index (χ3n) is 5.75. The van der Waals surface area contributed by atoms with E-state index >= 15 is 0 Å². The molecular formula is C27H29N5O3S2. The second-order valence-electron chi connectivity index (χ2n) is 8.15. The molecule has 1 amide bonds. The van der Waals surface area contributed by atoms with Crippen molar-refractivity contribution in [1.29, 1.82) is 0 Å². The van der Waals surface area contributed by atoms with Gasteiger partial charge in [-0.15, -0.1) is 10.2 Å². The smallest absolute Gasteiger partial charge is 0.243 e. The van der Waals surface area contributed by atoms with Crippen LogP contribution in [0.5, 0.6) is 0 Å². The minimum Gasteiger partial charge on any atom is -0.351 e. The van der Waals surface area contributed by atoms with Crippen molar-refractivity contribution in [2.45, 2.75) is 30.4 Å². The van der Waals surface area contributed by atoms with Crippen LogP contribution in [0.15, 0.2) is 95.0 Å². The van der Waals surface area contributed by atoms with Crippen LogP contribution < -0.4 is 5.32 Å². The molecule has 10 heteroatoms. The van der Waals surface area contributed by atoms with Crippen molar-refractivity contribution in [3.63, 3.8) is 0 Å². The summed E-state index contributed by atoms with van der Waals surface area (Å²) >= 11 is 1.27. The van der Waals surface area contributed by atoms with Crippen LogP contribution in [0.3, 0.4) is 0 Å². The summed E-state index contributed by atoms with van der Waals surface area (Å²) in [7, 11) is -3.64. The van der Waals surface area contributed by atoms with Gasteiger partial charge in [-0.05, 0) is 29.8 Å². The van der Waals surface area contributed by atoms with Crippen LogP contribution in [-0.4, -0.2) is 52.2 Å². The van der Waals surface area contributed by atoms with Crippen LogP contribution in [0.4, 0.5) is 0 Å². The number of hydrogen-bond acceptors (Lipinski definition) is 6. The first-order valence-corrected chi connectivity index (χ1v) is 14.4. The number of nitrogens with zero attached hydrogens (tertiary/aromatic N) is 4. The average Bonchev–Trinajstić information content (AvgIpc) is 3.36. The molecule has 0 bridgehead atoms. The first-order chi connectivity index (χ1) is 17.9. The maximum absolute atomic E-state index is 13.1. The van der Waals surface area contributed by atoms with Crippen LogP contribution in [0.1, 0.15) is 19.4 Å². The minimum absolute atomic E-state index is 0.120. The van der Waals surface area contributed by atoms with Crippen molar-refractivity contribution >= 4 is 27.7 Å². The molecule has 4 rings (SSSR count). The number of carbonyl (C=O) groups is 1. The van der Waals surface area contributed by atoms with Gasteiger partial charge < -0.3 is 5.32 Å². The van der Waals surface area contributed by atoms with Crippen LogP contribution >= 0.6 is 11.8 Å². The second kappa shape index (κ2) is 12.2. The number of hydrogen-bond donors (Lipinski definition) is 1. The fraction of sp³-hybridized carbons (Fsp3) is 0.222. The topological polar surface area (TPSA) is 97.2 Å². The number of benzene rings is 3. The van der Waals surface area contributed by atoms with Crippen LogP contribution in [0.25, 0.3) is 17.1 Å². The number of aromatic nitrogens is 3. The average molecular weight is 536 g/mol. The molecule has 1 N–H and O–H groups in total. The van der Waals surface area contributed by atoms with E-state index in [-0.39, 0.29) is 16.6 Å². The molecule has 0 saturated carbocycles. The van der Waals surface area contributed by atoms with Crippen LogP contribution in [0, 0.1) is 0 Å². The quantitative estimate of drug-likeness (QED) is 0.287. The lowest BCUT2D eigenvalue weighted by molar-refractivity contribution is -0.118. The van der Waals surface area contributed by atoms with Gasteiger partial charge in [0.1, 0.15) is 0 Å². The summed E-state index contributed by atoms with van der Waals surface area (Å²) < 4.78 is 29.5. The van der Waals surface area contributed by atoms with Crippen LogP contribution in [0.2, 0.25) is 0 Å². The van der Waals surface area contributed by atoms with E-state index < -0.39 is 10.0 Å². The van der Waals surface area contributed by atoms with E-state index in [1.165, 1.54) is 16.1 Å². The van der Waals surface area contributed by atoms with E-state index in [2.05, 4.69) is 15.5 Å². The lowest BCUT2D eigenvalue weighted by Gasteiger charge is -2.19. The Hall–Kier alpha value is -3.47. The van der Waals surface area contributed by atoms with Crippen molar-refractivity contribution in [1.82, 2.24) is 24.4 Å². The zero-order valence-corrected chi connectivity index (χ0v) is 22.4. The summed E-state index contributed by atoms with van der Waals surface area (Å²) in [5.74, 6) is 0.536. The van der Waals surface area contributed by atoms with Gasteiger partial charge in [-0.2, -0.15) is 4.31 Å². The van der Waals surface area contributed by atoms with Gasteiger partial charge in [0.2, 0.25) is 15.9 Å². The molecule has 192 valence electrons. The van der Waals surface area contributed by atoms with Gasteiger partial charge >= 0.3 is 0 Å². The molecule has 8 nitrogen and oxygen atoms in total. The fourth-order valence-electron chi connectivity index (χ4n) is 3.85. The van der Waals surface area contributed by atoms with E-state index in [0.29, 0.717) is 36.2 Å². The SMILES string of the molecule is CCN(CC)S(=O)(=O)c1cccc(-c2nnc(SCC(=O)NCc3ccccc3)n2-c2ccccc2)c1. The second-order valence-corrected chi connectivity index (χ2v) is 11.0. The zero-order chi connectivity index (χ0) is 26.3. The Bertz CT molecular complexity index is 1440. The minimum atomic E-state index is -3.64. The molecule has 0 fully saturated rings. The van der Waals surface area contributed by atoms with E-state index in [0.717, 1.165) is 11.3 Å². The van der Waals surface area contributed by atoms with Crippen molar-refractivity contribution in [3.8, 4) is 17.1 Å². The molecule has 0 atom stereocenters. The monoisotopic (exact) mass is 535 g/mol. The first kappa shape index (κ1) is 26.6. The molecule has 0 aliphatic carbocycles. The number of carbonyl (C=O) groups excluding carboxylic acids is 1. The lowest BCUT2D eigenvalue weighted by atomic mass is 10.2.